The Balaban J connectivity index is 1.29. The number of ether oxygens (including phenoxy) is 1. The summed E-state index contributed by atoms with van der Waals surface area (Å²) >= 11 is 5.93. The first-order valence-corrected chi connectivity index (χ1v) is 17.5. The number of hydrogen-bond acceptors (Lipinski definition) is 4. The second kappa shape index (κ2) is 20.9. The fourth-order valence-electron chi connectivity index (χ4n) is 5.14. The molecule has 1 unspecified atom stereocenters. The van der Waals surface area contributed by atoms with Crippen molar-refractivity contribution in [2.45, 2.75) is 90.2 Å². The monoisotopic (exact) mass is 670 g/mol. The Morgan fingerprint density at radius 3 is 1.90 bits per heavy atom. The van der Waals surface area contributed by atoms with Crippen LogP contribution < -0.4 is 10.1 Å². The summed E-state index contributed by atoms with van der Waals surface area (Å²) in [5, 5.41) is 3.63. The predicted molar refractivity (Wildman–Crippen MR) is 197 cm³/mol. The summed E-state index contributed by atoms with van der Waals surface area (Å²) in [4.78, 5) is 40.5. The molecule has 0 bridgehead atoms. The number of carbonyl (C=O) groups excluding carboxylic acids is 3. The molecular weight excluding hydrogens is 620 g/mol. The third-order valence-electron chi connectivity index (χ3n) is 7.94. The fourth-order valence-corrected chi connectivity index (χ4v) is 5.27. The van der Waals surface area contributed by atoms with Crippen molar-refractivity contribution in [2.75, 3.05) is 13.1 Å². The highest BCUT2D eigenvalue weighted by molar-refractivity contribution is 6.30. The van der Waals surface area contributed by atoms with Crippen LogP contribution in [-0.2, 0) is 9.59 Å². The molecule has 0 aliphatic carbocycles. The molecular formula is C41H51ClN2O4. The maximum Gasteiger partial charge on any atom is 0.263 e. The molecule has 1 saturated heterocycles. The Labute approximate surface area is 292 Å². The number of unbranched alkanes of at least 4 members (excludes halogenated alkanes) is 1. The van der Waals surface area contributed by atoms with Gasteiger partial charge in [-0.3, -0.25) is 14.4 Å². The predicted octanol–water partition coefficient (Wildman–Crippen LogP) is 9.37. The second-order valence-corrected chi connectivity index (χ2v) is 12.8. The fraction of sp³-hybridized carbons (Fsp3) is 0.390. The highest BCUT2D eigenvalue weighted by Crippen LogP contribution is 2.22. The lowest BCUT2D eigenvalue weighted by Crippen LogP contribution is -2.50. The summed E-state index contributed by atoms with van der Waals surface area (Å²) in [6.45, 7) is 6.70. The van der Waals surface area contributed by atoms with E-state index < -0.39 is 5.60 Å². The number of amides is 2. The highest BCUT2D eigenvalue weighted by atomic mass is 35.5. The Kier molecular flexibility index (Phi) is 16.7. The van der Waals surface area contributed by atoms with E-state index in [0.717, 1.165) is 44.9 Å². The van der Waals surface area contributed by atoms with Crippen molar-refractivity contribution in [2.24, 2.45) is 0 Å². The lowest BCUT2D eigenvalue weighted by Gasteiger charge is -2.27. The molecule has 6 nitrogen and oxygen atoms in total. The lowest BCUT2D eigenvalue weighted by atomic mass is 10.0. The topological polar surface area (TPSA) is 75.7 Å². The summed E-state index contributed by atoms with van der Waals surface area (Å²) in [5.74, 6) is 0.243. The summed E-state index contributed by atoms with van der Waals surface area (Å²) < 4.78 is 6.01. The summed E-state index contributed by atoms with van der Waals surface area (Å²) in [7, 11) is 0. The minimum absolute atomic E-state index is 0.116. The van der Waals surface area contributed by atoms with Gasteiger partial charge in [-0.15, -0.1) is 0 Å². The largest absolute Gasteiger partial charge is 0.478 e. The van der Waals surface area contributed by atoms with Crippen molar-refractivity contribution >= 4 is 29.2 Å². The van der Waals surface area contributed by atoms with Crippen molar-refractivity contribution in [1.29, 1.82) is 0 Å². The molecule has 1 N–H and O–H groups in total. The van der Waals surface area contributed by atoms with Gasteiger partial charge in [0.05, 0.1) is 0 Å². The van der Waals surface area contributed by atoms with E-state index in [1.807, 2.05) is 4.90 Å². The Morgan fingerprint density at radius 1 is 0.812 bits per heavy atom. The van der Waals surface area contributed by atoms with E-state index in [0.29, 0.717) is 47.8 Å². The van der Waals surface area contributed by atoms with Gasteiger partial charge in [-0.05, 0) is 114 Å². The first-order chi connectivity index (χ1) is 23.2. The second-order valence-electron chi connectivity index (χ2n) is 12.4. The van der Waals surface area contributed by atoms with Gasteiger partial charge in [0.15, 0.2) is 11.4 Å². The molecule has 0 saturated carbocycles. The van der Waals surface area contributed by atoms with E-state index in [1.54, 1.807) is 62.4 Å². The number of hydrogen-bond donors (Lipinski definition) is 1. The molecule has 1 aliphatic rings. The first kappa shape index (κ1) is 38.3. The van der Waals surface area contributed by atoms with Gasteiger partial charge in [0.1, 0.15) is 5.75 Å². The minimum atomic E-state index is -1.14. The molecule has 48 heavy (non-hydrogen) atoms. The maximum absolute atomic E-state index is 13.1. The van der Waals surface area contributed by atoms with E-state index in [1.165, 1.54) is 0 Å². The number of halogens is 1. The number of benzene rings is 2. The van der Waals surface area contributed by atoms with Crippen molar-refractivity contribution in [3.8, 4) is 5.75 Å². The van der Waals surface area contributed by atoms with Crippen LogP contribution in [0.2, 0.25) is 5.02 Å². The van der Waals surface area contributed by atoms with E-state index >= 15 is 0 Å². The average Bonchev–Trinajstić information content (AvgIpc) is 3.55. The van der Waals surface area contributed by atoms with E-state index in [2.05, 4.69) is 73.0 Å². The van der Waals surface area contributed by atoms with Crippen LogP contribution in [0.1, 0.15) is 94.5 Å². The zero-order chi connectivity index (χ0) is 34.6. The van der Waals surface area contributed by atoms with Crippen LogP contribution >= 0.6 is 11.6 Å². The van der Waals surface area contributed by atoms with Crippen LogP contribution in [0.4, 0.5) is 0 Å². The molecule has 3 rings (SSSR count). The Morgan fingerprint density at radius 2 is 1.33 bits per heavy atom. The first-order valence-electron chi connectivity index (χ1n) is 17.1. The van der Waals surface area contributed by atoms with Crippen LogP contribution in [0, 0.1) is 0 Å². The molecule has 0 radical (unpaired) electrons. The number of likely N-dealkylation sites (tertiary alicyclic amines) is 1. The van der Waals surface area contributed by atoms with Crippen LogP contribution in [-0.4, -0.2) is 47.2 Å². The average molecular weight is 671 g/mol. The molecule has 2 amide bonds. The van der Waals surface area contributed by atoms with E-state index in [4.69, 9.17) is 16.3 Å². The molecule has 7 heteroatoms. The van der Waals surface area contributed by atoms with Gasteiger partial charge in [-0.25, -0.2) is 0 Å². The van der Waals surface area contributed by atoms with Crippen molar-refractivity contribution in [3.05, 3.63) is 125 Å². The van der Waals surface area contributed by atoms with Crippen LogP contribution in [0.25, 0.3) is 0 Å². The zero-order valence-electron chi connectivity index (χ0n) is 28.7. The number of carbonyl (C=O) groups is 3. The number of ketones is 1. The Hall–Kier alpha value is -4.16. The van der Waals surface area contributed by atoms with Gasteiger partial charge in [0.2, 0.25) is 5.91 Å². The zero-order valence-corrected chi connectivity index (χ0v) is 29.5. The summed E-state index contributed by atoms with van der Waals surface area (Å²) in [6, 6.07) is 13.4. The van der Waals surface area contributed by atoms with Crippen molar-refractivity contribution in [1.82, 2.24) is 10.2 Å². The summed E-state index contributed by atoms with van der Waals surface area (Å²) in [5.41, 5.74) is -0.0805. The van der Waals surface area contributed by atoms with E-state index in [-0.39, 0.29) is 23.6 Å². The molecule has 256 valence electrons. The molecule has 2 aromatic carbocycles. The molecule has 1 heterocycles. The molecule has 2 aromatic rings. The minimum Gasteiger partial charge on any atom is -0.478 e. The standard InChI is InChI=1S/C41H51ClN2O4/c1-4-5-6-7-8-9-10-11-12-13-14-15-16-17-18-19-20-21-38(45)44-31-30-36(32-44)43-40(47)41(2,3)48-37-28-24-34(25-29-37)39(46)33-22-26-35(42)27-23-33/h5-6,8-9,11-12,14-15,17-18,22-29,36H,4,7,10,13,16,19-21,30-32H2,1-3H3,(H,43,47). The quantitative estimate of drug-likeness (QED) is 0.0918. The smallest absolute Gasteiger partial charge is 0.263 e. The number of allylic oxidation sites excluding steroid dienone is 10. The van der Waals surface area contributed by atoms with Crippen LogP contribution in [0.3, 0.4) is 0 Å². The van der Waals surface area contributed by atoms with Gasteiger partial charge in [-0.2, -0.15) is 0 Å². The van der Waals surface area contributed by atoms with E-state index in [9.17, 15) is 14.4 Å². The normalized spacial score (nSPS) is 15.5. The van der Waals surface area contributed by atoms with Crippen molar-refractivity contribution in [3.63, 3.8) is 0 Å². The number of nitrogens with one attached hydrogen (secondary N) is 1. The molecule has 0 spiro atoms. The number of nitrogens with zero attached hydrogens (tertiary/aromatic N) is 1. The van der Waals surface area contributed by atoms with Gasteiger partial charge in [0, 0.05) is 41.7 Å². The summed E-state index contributed by atoms with van der Waals surface area (Å²) in [6.07, 6.45) is 29.6. The Bertz CT molecular complexity index is 1450. The van der Waals surface area contributed by atoms with Gasteiger partial charge in [0.25, 0.3) is 5.91 Å². The van der Waals surface area contributed by atoms with Gasteiger partial charge < -0.3 is 15.0 Å². The maximum atomic E-state index is 13.1. The number of rotatable bonds is 19. The van der Waals surface area contributed by atoms with Crippen LogP contribution in [0.5, 0.6) is 5.75 Å². The molecule has 1 fully saturated rings. The molecule has 1 aliphatic heterocycles. The third kappa shape index (κ3) is 13.9. The van der Waals surface area contributed by atoms with Crippen LogP contribution in [0.15, 0.2) is 109 Å². The lowest BCUT2D eigenvalue weighted by molar-refractivity contribution is -0.135. The highest BCUT2D eigenvalue weighted by Gasteiger charge is 2.34. The van der Waals surface area contributed by atoms with Gasteiger partial charge in [-0.1, -0.05) is 79.3 Å². The molecule has 0 aromatic heterocycles. The van der Waals surface area contributed by atoms with Crippen molar-refractivity contribution < 1.29 is 19.1 Å². The third-order valence-corrected chi connectivity index (χ3v) is 8.19. The molecule has 1 atom stereocenters. The van der Waals surface area contributed by atoms with Gasteiger partial charge >= 0.3 is 0 Å². The SMILES string of the molecule is CCC=CCC=CCC=CCC=CCC=CCCCC(=O)N1CCC(NC(=O)C(C)(C)Oc2ccc(C(=O)c3ccc(Cl)cc3)cc2)C1.